The first kappa shape index (κ1) is 11.9. The Morgan fingerprint density at radius 1 is 1.60 bits per heavy atom. The molecule has 0 amide bonds. The van der Waals surface area contributed by atoms with Crippen LogP contribution in [0, 0.1) is 6.92 Å². The molecular formula is C10H18N4O. The fourth-order valence-corrected chi connectivity index (χ4v) is 1.37. The molecule has 0 radical (unpaired) electrons. The molecular weight excluding hydrogens is 192 g/mol. The fraction of sp³-hybridized carbons (Fsp3) is 0.600. The van der Waals surface area contributed by atoms with Gasteiger partial charge in [0, 0.05) is 32.9 Å². The van der Waals surface area contributed by atoms with Crippen LogP contribution in [0.5, 0.6) is 0 Å². The van der Waals surface area contributed by atoms with Crippen LogP contribution in [0.3, 0.4) is 0 Å². The molecule has 5 nitrogen and oxygen atoms in total. The first-order valence-corrected chi connectivity index (χ1v) is 4.88. The molecule has 2 N–H and O–H groups in total. The van der Waals surface area contributed by atoms with Crippen molar-refractivity contribution in [2.45, 2.75) is 13.0 Å². The Kier molecular flexibility index (Phi) is 4.45. The lowest BCUT2D eigenvalue weighted by Crippen LogP contribution is -2.38. The van der Waals surface area contributed by atoms with Crippen LogP contribution in [0.1, 0.15) is 5.82 Å². The number of likely N-dealkylation sites (N-methyl/N-ethyl adjacent to an activating group) is 1. The standard InChI is InChI=1S/C10H18N4O/c1-8-12-5-4-10(13-8)14(2)6-9(11)7-15-3/h4-5,9H,6-7,11H2,1-3H3. The monoisotopic (exact) mass is 210 g/mol. The molecule has 84 valence electrons. The van der Waals surface area contributed by atoms with Crippen LogP contribution in [0.25, 0.3) is 0 Å². The van der Waals surface area contributed by atoms with Crippen molar-refractivity contribution in [2.24, 2.45) is 5.73 Å². The third-order valence-corrected chi connectivity index (χ3v) is 2.04. The fourth-order valence-electron chi connectivity index (χ4n) is 1.37. The topological polar surface area (TPSA) is 64.3 Å². The van der Waals surface area contributed by atoms with Gasteiger partial charge in [0.05, 0.1) is 6.61 Å². The summed E-state index contributed by atoms with van der Waals surface area (Å²) in [5, 5.41) is 0. The van der Waals surface area contributed by atoms with Gasteiger partial charge in [-0.25, -0.2) is 9.97 Å². The minimum Gasteiger partial charge on any atom is -0.383 e. The highest BCUT2D eigenvalue weighted by Gasteiger charge is 2.08. The van der Waals surface area contributed by atoms with Gasteiger partial charge in [0.25, 0.3) is 0 Å². The maximum Gasteiger partial charge on any atom is 0.132 e. The summed E-state index contributed by atoms with van der Waals surface area (Å²) < 4.78 is 4.98. The third kappa shape index (κ3) is 3.81. The second-order valence-corrected chi connectivity index (χ2v) is 3.56. The molecule has 0 saturated heterocycles. The van der Waals surface area contributed by atoms with Crippen molar-refractivity contribution in [3.8, 4) is 0 Å². The van der Waals surface area contributed by atoms with E-state index in [0.29, 0.717) is 13.2 Å². The molecule has 1 atom stereocenters. The molecule has 0 aliphatic rings. The predicted octanol–water partition coefficient (Wildman–Crippen LogP) is 0.195. The van der Waals surface area contributed by atoms with Gasteiger partial charge in [-0.15, -0.1) is 0 Å². The van der Waals surface area contributed by atoms with Crippen LogP contribution >= 0.6 is 0 Å². The van der Waals surface area contributed by atoms with Crippen molar-refractivity contribution in [2.75, 3.05) is 32.2 Å². The summed E-state index contributed by atoms with van der Waals surface area (Å²) in [5.74, 6) is 1.65. The maximum absolute atomic E-state index is 5.85. The Bertz CT molecular complexity index is 305. The van der Waals surface area contributed by atoms with Crippen LogP contribution in [0.15, 0.2) is 12.3 Å². The van der Waals surface area contributed by atoms with Crippen LogP contribution < -0.4 is 10.6 Å². The van der Waals surface area contributed by atoms with Gasteiger partial charge in [0.2, 0.25) is 0 Å². The number of rotatable bonds is 5. The molecule has 1 aromatic rings. The lowest BCUT2D eigenvalue weighted by Gasteiger charge is -2.21. The van der Waals surface area contributed by atoms with Crippen molar-refractivity contribution in [3.63, 3.8) is 0 Å². The zero-order valence-corrected chi connectivity index (χ0v) is 9.47. The van der Waals surface area contributed by atoms with E-state index < -0.39 is 0 Å². The van der Waals surface area contributed by atoms with Gasteiger partial charge < -0.3 is 15.4 Å². The lowest BCUT2D eigenvalue weighted by atomic mass is 10.3. The molecule has 0 aliphatic heterocycles. The lowest BCUT2D eigenvalue weighted by molar-refractivity contribution is 0.181. The van der Waals surface area contributed by atoms with E-state index in [9.17, 15) is 0 Å². The quantitative estimate of drug-likeness (QED) is 0.752. The van der Waals surface area contributed by atoms with Crippen LogP contribution in [0.2, 0.25) is 0 Å². The van der Waals surface area contributed by atoms with E-state index in [4.69, 9.17) is 10.5 Å². The zero-order valence-electron chi connectivity index (χ0n) is 9.47. The molecule has 0 aromatic carbocycles. The van der Waals surface area contributed by atoms with Gasteiger partial charge in [-0.05, 0) is 13.0 Å². The Labute approximate surface area is 90.3 Å². The van der Waals surface area contributed by atoms with Gasteiger partial charge >= 0.3 is 0 Å². The van der Waals surface area contributed by atoms with E-state index >= 15 is 0 Å². The van der Waals surface area contributed by atoms with E-state index in [1.807, 2.05) is 24.9 Å². The van der Waals surface area contributed by atoms with E-state index in [1.54, 1.807) is 13.3 Å². The molecule has 15 heavy (non-hydrogen) atoms. The largest absolute Gasteiger partial charge is 0.383 e. The number of aryl methyl sites for hydroxylation is 1. The van der Waals surface area contributed by atoms with E-state index in [-0.39, 0.29) is 6.04 Å². The second kappa shape index (κ2) is 5.63. The molecule has 1 heterocycles. The van der Waals surface area contributed by atoms with Crippen LogP contribution in [-0.2, 0) is 4.74 Å². The average molecular weight is 210 g/mol. The predicted molar refractivity (Wildman–Crippen MR) is 59.9 cm³/mol. The summed E-state index contributed by atoms with van der Waals surface area (Å²) in [6, 6.07) is 1.86. The Morgan fingerprint density at radius 3 is 2.93 bits per heavy atom. The van der Waals surface area contributed by atoms with Gasteiger partial charge in [0.15, 0.2) is 0 Å². The molecule has 1 rings (SSSR count). The molecule has 0 bridgehead atoms. The summed E-state index contributed by atoms with van der Waals surface area (Å²) in [6.45, 7) is 3.13. The van der Waals surface area contributed by atoms with Crippen molar-refractivity contribution < 1.29 is 4.74 Å². The zero-order chi connectivity index (χ0) is 11.3. The van der Waals surface area contributed by atoms with E-state index in [2.05, 4.69) is 9.97 Å². The minimum absolute atomic E-state index is 0.00438. The number of aromatic nitrogens is 2. The highest BCUT2D eigenvalue weighted by atomic mass is 16.5. The molecule has 5 heteroatoms. The van der Waals surface area contributed by atoms with E-state index in [0.717, 1.165) is 11.6 Å². The van der Waals surface area contributed by atoms with Crippen molar-refractivity contribution >= 4 is 5.82 Å². The first-order chi connectivity index (χ1) is 7.13. The molecule has 1 aromatic heterocycles. The molecule has 0 fully saturated rings. The highest BCUT2D eigenvalue weighted by Crippen LogP contribution is 2.07. The Balaban J connectivity index is 2.56. The number of nitrogens with two attached hydrogens (primary N) is 1. The second-order valence-electron chi connectivity index (χ2n) is 3.56. The van der Waals surface area contributed by atoms with Gasteiger partial charge in [-0.1, -0.05) is 0 Å². The molecule has 0 aliphatic carbocycles. The van der Waals surface area contributed by atoms with Crippen LogP contribution in [-0.4, -0.2) is 43.3 Å². The van der Waals surface area contributed by atoms with Crippen molar-refractivity contribution in [1.82, 2.24) is 9.97 Å². The van der Waals surface area contributed by atoms with Gasteiger partial charge in [0.1, 0.15) is 11.6 Å². The van der Waals surface area contributed by atoms with Gasteiger partial charge in [-0.3, -0.25) is 0 Å². The highest BCUT2D eigenvalue weighted by molar-refractivity contribution is 5.36. The summed E-state index contributed by atoms with van der Waals surface area (Å²) in [5.41, 5.74) is 5.85. The minimum atomic E-state index is -0.00438. The number of nitrogens with zero attached hydrogens (tertiary/aromatic N) is 3. The van der Waals surface area contributed by atoms with Crippen LogP contribution in [0.4, 0.5) is 5.82 Å². The normalized spacial score (nSPS) is 12.5. The number of anilines is 1. The first-order valence-electron chi connectivity index (χ1n) is 4.88. The average Bonchev–Trinajstić information content (AvgIpc) is 2.18. The number of methoxy groups -OCH3 is 1. The van der Waals surface area contributed by atoms with Crippen molar-refractivity contribution in [1.29, 1.82) is 0 Å². The third-order valence-electron chi connectivity index (χ3n) is 2.04. The summed E-state index contributed by atoms with van der Waals surface area (Å²) in [4.78, 5) is 10.3. The van der Waals surface area contributed by atoms with E-state index in [1.165, 1.54) is 0 Å². The number of ether oxygens (including phenoxy) is 1. The number of hydrogen-bond acceptors (Lipinski definition) is 5. The summed E-state index contributed by atoms with van der Waals surface area (Å²) in [7, 11) is 3.60. The SMILES string of the molecule is COCC(N)CN(C)c1ccnc(C)n1. The summed E-state index contributed by atoms with van der Waals surface area (Å²) >= 11 is 0. The summed E-state index contributed by atoms with van der Waals surface area (Å²) in [6.07, 6.45) is 1.75. The molecule has 1 unspecified atom stereocenters. The Morgan fingerprint density at radius 2 is 2.33 bits per heavy atom. The van der Waals surface area contributed by atoms with Crippen molar-refractivity contribution in [3.05, 3.63) is 18.1 Å². The van der Waals surface area contributed by atoms with Gasteiger partial charge in [-0.2, -0.15) is 0 Å². The Hall–Kier alpha value is -1.20. The smallest absolute Gasteiger partial charge is 0.132 e. The molecule has 0 spiro atoms. The molecule has 0 saturated carbocycles. The maximum atomic E-state index is 5.85. The number of hydrogen-bond donors (Lipinski definition) is 1.